The van der Waals surface area contributed by atoms with Crippen molar-refractivity contribution in [3.05, 3.63) is 12.2 Å². The molecule has 0 unspecified atom stereocenters. The molecule has 0 saturated carbocycles. The van der Waals surface area contributed by atoms with Crippen LogP contribution in [0.1, 0.15) is 99.8 Å². The van der Waals surface area contributed by atoms with Crippen LogP contribution < -0.4 is 0 Å². The zero-order chi connectivity index (χ0) is 17.4. The van der Waals surface area contributed by atoms with Crippen molar-refractivity contribution < 1.29 is 4.79 Å². The molecule has 0 aromatic rings. The van der Waals surface area contributed by atoms with Crippen LogP contribution in [-0.2, 0) is 4.79 Å². The molecule has 0 aliphatic carbocycles. The average Bonchev–Trinajstić information content (AvgIpc) is 2.38. The van der Waals surface area contributed by atoms with Crippen molar-refractivity contribution in [2.45, 2.75) is 111 Å². The molecule has 0 saturated heterocycles. The fourth-order valence-electron chi connectivity index (χ4n) is 3.40. The largest absolute Gasteiger partial charge is 0.329 e. The summed E-state index contributed by atoms with van der Waals surface area (Å²) < 4.78 is 0. The van der Waals surface area contributed by atoms with Crippen LogP contribution in [0.25, 0.3) is 0 Å². The predicted molar refractivity (Wildman–Crippen MR) is 98.1 cm³/mol. The molecule has 2 nitrogen and oxygen atoms in total. The van der Waals surface area contributed by atoms with E-state index < -0.39 is 0 Å². The minimum atomic E-state index is -0.124. The molecule has 1 amide bonds. The number of carbonyl (C=O) groups is 1. The van der Waals surface area contributed by atoms with E-state index in [2.05, 4.69) is 53.0 Å². The van der Waals surface area contributed by atoms with E-state index in [9.17, 15) is 4.79 Å². The summed E-state index contributed by atoms with van der Waals surface area (Å²) in [5, 5.41) is 0. The van der Waals surface area contributed by atoms with Crippen LogP contribution in [0, 0.1) is 0 Å². The molecule has 22 heavy (non-hydrogen) atoms. The highest BCUT2D eigenvalue weighted by Gasteiger charge is 2.40. The molecule has 0 N–H and O–H groups in total. The first-order valence-electron chi connectivity index (χ1n) is 9.10. The Morgan fingerprint density at radius 3 is 1.50 bits per heavy atom. The van der Waals surface area contributed by atoms with Crippen molar-refractivity contribution in [1.82, 2.24) is 4.90 Å². The van der Waals surface area contributed by atoms with Gasteiger partial charge in [-0.05, 0) is 47.5 Å². The Labute approximate surface area is 139 Å². The van der Waals surface area contributed by atoms with Crippen LogP contribution in [-0.4, -0.2) is 21.9 Å². The molecule has 0 aliphatic rings. The Balaban J connectivity index is 5.25. The van der Waals surface area contributed by atoms with Crippen LogP contribution in [0.3, 0.4) is 0 Å². The number of hydrogen-bond donors (Lipinski definition) is 0. The van der Waals surface area contributed by atoms with Gasteiger partial charge in [-0.15, -0.1) is 0 Å². The van der Waals surface area contributed by atoms with Gasteiger partial charge in [-0.1, -0.05) is 59.0 Å². The summed E-state index contributed by atoms with van der Waals surface area (Å²) in [7, 11) is 0. The number of nitrogens with zero attached hydrogens (tertiary/aromatic N) is 1. The average molecular weight is 310 g/mol. The monoisotopic (exact) mass is 309 g/mol. The van der Waals surface area contributed by atoms with Crippen LogP contribution in [0.4, 0.5) is 0 Å². The van der Waals surface area contributed by atoms with Gasteiger partial charge in [0.1, 0.15) is 0 Å². The number of rotatable bonds is 11. The van der Waals surface area contributed by atoms with Crippen molar-refractivity contribution in [2.24, 2.45) is 0 Å². The normalized spacial score (nSPS) is 12.3. The fourth-order valence-corrected chi connectivity index (χ4v) is 3.40. The third kappa shape index (κ3) is 6.54. The maximum absolute atomic E-state index is 12.8. The van der Waals surface area contributed by atoms with Gasteiger partial charge in [-0.2, -0.15) is 0 Å². The van der Waals surface area contributed by atoms with Crippen molar-refractivity contribution in [2.75, 3.05) is 0 Å². The molecule has 0 fully saturated rings. The summed E-state index contributed by atoms with van der Waals surface area (Å²) >= 11 is 0. The van der Waals surface area contributed by atoms with E-state index in [4.69, 9.17) is 0 Å². The molecule has 0 atom stereocenters. The zero-order valence-corrected chi connectivity index (χ0v) is 16.2. The van der Waals surface area contributed by atoms with E-state index in [1.165, 1.54) is 38.5 Å². The van der Waals surface area contributed by atoms with Gasteiger partial charge in [0, 0.05) is 16.7 Å². The molecular formula is C20H39NO. The van der Waals surface area contributed by atoms with E-state index in [0.717, 1.165) is 12.8 Å². The molecule has 0 rings (SSSR count). The van der Waals surface area contributed by atoms with E-state index in [1.807, 2.05) is 6.92 Å². The Hall–Kier alpha value is -0.790. The SMILES string of the molecule is C=C(C)C(=O)N(C(C)(C)CCCCC)C(C)(C)CCCCC. The van der Waals surface area contributed by atoms with Crippen LogP contribution in [0.2, 0.25) is 0 Å². The maximum Gasteiger partial charge on any atom is 0.249 e. The van der Waals surface area contributed by atoms with Crippen molar-refractivity contribution in [3.63, 3.8) is 0 Å². The standard InChI is InChI=1S/C20H39NO/c1-9-11-13-15-19(5,6)21(18(22)17(3)4)20(7,8)16-14-12-10-2/h3,9-16H2,1-2,4-8H3. The molecule has 2 heteroatoms. The quantitative estimate of drug-likeness (QED) is 0.333. The summed E-state index contributed by atoms with van der Waals surface area (Å²) in [6.07, 6.45) is 9.34. The summed E-state index contributed by atoms with van der Waals surface area (Å²) in [5.41, 5.74) is 0.397. The predicted octanol–water partition coefficient (Wildman–Crippen LogP) is 6.11. The number of unbranched alkanes of at least 4 members (excludes halogenated alkanes) is 4. The molecule has 0 bridgehead atoms. The first-order valence-corrected chi connectivity index (χ1v) is 9.10. The van der Waals surface area contributed by atoms with Gasteiger partial charge in [-0.25, -0.2) is 0 Å². The Kier molecular flexibility index (Phi) is 9.04. The number of carbonyl (C=O) groups excluding carboxylic acids is 1. The van der Waals surface area contributed by atoms with Crippen molar-refractivity contribution in [3.8, 4) is 0 Å². The van der Waals surface area contributed by atoms with Gasteiger partial charge in [0.15, 0.2) is 0 Å². The highest BCUT2D eigenvalue weighted by Crippen LogP contribution is 2.34. The molecule has 0 aliphatic heterocycles. The molecule has 0 heterocycles. The summed E-state index contributed by atoms with van der Waals surface area (Å²) in [6.45, 7) is 19.0. The van der Waals surface area contributed by atoms with Gasteiger partial charge in [0.2, 0.25) is 5.91 Å². The molecule has 0 radical (unpaired) electrons. The van der Waals surface area contributed by atoms with Crippen LogP contribution >= 0.6 is 0 Å². The van der Waals surface area contributed by atoms with Gasteiger partial charge >= 0.3 is 0 Å². The first kappa shape index (κ1) is 21.2. The van der Waals surface area contributed by atoms with Crippen molar-refractivity contribution >= 4 is 5.91 Å². The van der Waals surface area contributed by atoms with Crippen LogP contribution in [0.5, 0.6) is 0 Å². The Bertz CT molecular complexity index is 333. The highest BCUT2D eigenvalue weighted by molar-refractivity contribution is 5.93. The lowest BCUT2D eigenvalue weighted by Crippen LogP contribution is -2.58. The minimum Gasteiger partial charge on any atom is -0.329 e. The van der Waals surface area contributed by atoms with E-state index in [0.29, 0.717) is 5.57 Å². The van der Waals surface area contributed by atoms with Gasteiger partial charge in [-0.3, -0.25) is 4.79 Å². The van der Waals surface area contributed by atoms with Gasteiger partial charge < -0.3 is 4.90 Å². The minimum absolute atomic E-state index is 0.114. The number of amides is 1. The van der Waals surface area contributed by atoms with E-state index in [1.54, 1.807) is 0 Å². The smallest absolute Gasteiger partial charge is 0.249 e. The lowest BCUT2D eigenvalue weighted by molar-refractivity contribution is -0.141. The van der Waals surface area contributed by atoms with Gasteiger partial charge in [0.05, 0.1) is 0 Å². The topological polar surface area (TPSA) is 20.3 Å². The number of hydrogen-bond acceptors (Lipinski definition) is 1. The lowest BCUT2D eigenvalue weighted by Gasteiger charge is -2.49. The Morgan fingerprint density at radius 2 is 1.23 bits per heavy atom. The third-order valence-electron chi connectivity index (χ3n) is 4.56. The Morgan fingerprint density at radius 1 is 0.864 bits per heavy atom. The summed E-state index contributed by atoms with van der Waals surface area (Å²) in [6, 6.07) is 0. The second-order valence-corrected chi connectivity index (χ2v) is 7.96. The second kappa shape index (κ2) is 9.37. The van der Waals surface area contributed by atoms with E-state index >= 15 is 0 Å². The maximum atomic E-state index is 12.8. The van der Waals surface area contributed by atoms with E-state index in [-0.39, 0.29) is 17.0 Å². The highest BCUT2D eigenvalue weighted by atomic mass is 16.2. The van der Waals surface area contributed by atoms with Gasteiger partial charge in [0.25, 0.3) is 0 Å². The van der Waals surface area contributed by atoms with Crippen molar-refractivity contribution in [1.29, 1.82) is 0 Å². The molecule has 0 spiro atoms. The molecule has 0 aromatic heterocycles. The zero-order valence-electron chi connectivity index (χ0n) is 16.2. The lowest BCUT2D eigenvalue weighted by atomic mass is 9.85. The summed E-state index contributed by atoms with van der Waals surface area (Å²) in [4.78, 5) is 14.9. The fraction of sp³-hybridized carbons (Fsp3) is 0.850. The molecule has 130 valence electrons. The first-order chi connectivity index (χ1) is 10.1. The third-order valence-corrected chi connectivity index (χ3v) is 4.56. The molecular weight excluding hydrogens is 270 g/mol. The second-order valence-electron chi connectivity index (χ2n) is 7.96. The van der Waals surface area contributed by atoms with Crippen LogP contribution in [0.15, 0.2) is 12.2 Å². The molecule has 0 aromatic carbocycles. The summed E-state index contributed by atoms with van der Waals surface area (Å²) in [5.74, 6) is 0.114.